The SMILES string of the molecule is CC/C=C/C=C/C=C\CCCCCCCC(=O)NC(COP(=O)(O)OCC[N+](C)(C)C)C(/C=C/CCCCCCCCCCC)OC(=O)CCCCCCCCC/C=C/C/C=C/CC. The molecule has 0 aliphatic rings. The number of hydrogen-bond donors (Lipinski definition) is 2. The minimum atomic E-state index is -4.45. The van der Waals surface area contributed by atoms with Crippen LogP contribution in [0.5, 0.6) is 0 Å². The Hall–Kier alpha value is -2.55. The monoisotopic (exact) mass is 918 g/mol. The molecule has 0 aliphatic carbocycles. The molecule has 0 aromatic heterocycles. The lowest BCUT2D eigenvalue weighted by Gasteiger charge is -2.27. The van der Waals surface area contributed by atoms with Crippen molar-refractivity contribution in [1.82, 2.24) is 5.32 Å². The van der Waals surface area contributed by atoms with Gasteiger partial charge in [0, 0.05) is 12.8 Å². The van der Waals surface area contributed by atoms with Crippen molar-refractivity contribution in [1.29, 1.82) is 0 Å². The predicted molar refractivity (Wildman–Crippen MR) is 272 cm³/mol. The molecule has 0 spiro atoms. The van der Waals surface area contributed by atoms with Gasteiger partial charge in [-0.1, -0.05) is 190 Å². The second kappa shape index (κ2) is 44.3. The van der Waals surface area contributed by atoms with E-state index in [2.05, 4.69) is 80.8 Å². The summed E-state index contributed by atoms with van der Waals surface area (Å²) in [5, 5.41) is 3.02. The first-order valence-electron chi connectivity index (χ1n) is 25.8. The maximum atomic E-state index is 13.4. The fourth-order valence-electron chi connectivity index (χ4n) is 6.98. The van der Waals surface area contributed by atoms with Crippen LogP contribution >= 0.6 is 7.82 Å². The average Bonchev–Trinajstić information content (AvgIpc) is 3.25. The number of nitrogens with one attached hydrogen (secondary N) is 1. The normalized spacial score (nSPS) is 14.5. The lowest BCUT2D eigenvalue weighted by atomic mass is 10.1. The Morgan fingerprint density at radius 3 is 1.66 bits per heavy atom. The van der Waals surface area contributed by atoms with E-state index in [1.807, 2.05) is 39.4 Å². The summed E-state index contributed by atoms with van der Waals surface area (Å²) < 4.78 is 30.5. The number of esters is 1. The highest BCUT2D eigenvalue weighted by atomic mass is 31.2. The fraction of sp³-hybridized carbons (Fsp3) is 0.741. The Kier molecular flexibility index (Phi) is 42.5. The van der Waals surface area contributed by atoms with Crippen LogP contribution in [0.3, 0.4) is 0 Å². The van der Waals surface area contributed by atoms with Gasteiger partial charge in [-0.2, -0.15) is 0 Å². The van der Waals surface area contributed by atoms with Crippen molar-refractivity contribution < 1.29 is 37.3 Å². The summed E-state index contributed by atoms with van der Waals surface area (Å²) in [6, 6.07) is -0.862. The van der Waals surface area contributed by atoms with Crippen molar-refractivity contribution in [2.75, 3.05) is 40.9 Å². The molecule has 370 valence electrons. The number of phosphoric ester groups is 1. The van der Waals surface area contributed by atoms with E-state index in [-0.39, 0.29) is 31.5 Å². The Morgan fingerprint density at radius 1 is 0.578 bits per heavy atom. The molecule has 3 atom stereocenters. The second-order valence-electron chi connectivity index (χ2n) is 18.3. The van der Waals surface area contributed by atoms with Gasteiger partial charge in [0.2, 0.25) is 5.91 Å². The number of rotatable bonds is 45. The van der Waals surface area contributed by atoms with Crippen LogP contribution in [0.1, 0.15) is 207 Å². The minimum Gasteiger partial charge on any atom is -0.456 e. The topological polar surface area (TPSA) is 111 Å². The summed E-state index contributed by atoms with van der Waals surface area (Å²) in [5.41, 5.74) is 0. The molecule has 10 heteroatoms. The zero-order chi connectivity index (χ0) is 47.3. The van der Waals surface area contributed by atoms with E-state index in [0.29, 0.717) is 17.4 Å². The third-order valence-corrected chi connectivity index (χ3v) is 11.9. The van der Waals surface area contributed by atoms with Gasteiger partial charge < -0.3 is 19.4 Å². The van der Waals surface area contributed by atoms with Crippen molar-refractivity contribution in [3.8, 4) is 0 Å². The summed E-state index contributed by atoms with van der Waals surface area (Å²) in [5.74, 6) is -0.546. The molecule has 0 aliphatic heterocycles. The van der Waals surface area contributed by atoms with Crippen LogP contribution in [0.2, 0.25) is 0 Å². The minimum absolute atomic E-state index is 0.0316. The maximum absolute atomic E-state index is 13.4. The van der Waals surface area contributed by atoms with Crippen molar-refractivity contribution in [3.05, 3.63) is 72.9 Å². The lowest BCUT2D eigenvalue weighted by Crippen LogP contribution is -2.47. The van der Waals surface area contributed by atoms with Crippen molar-refractivity contribution >= 4 is 19.7 Å². The average molecular weight is 918 g/mol. The number of phosphoric acid groups is 1. The van der Waals surface area contributed by atoms with E-state index >= 15 is 0 Å². The van der Waals surface area contributed by atoms with Crippen molar-refractivity contribution in [3.63, 3.8) is 0 Å². The van der Waals surface area contributed by atoms with Crippen LogP contribution in [-0.4, -0.2) is 74.3 Å². The van der Waals surface area contributed by atoms with Crippen LogP contribution in [0.4, 0.5) is 0 Å². The first-order chi connectivity index (χ1) is 30.9. The number of ether oxygens (including phenoxy) is 1. The molecular formula is C54H98N2O7P+. The number of unbranched alkanes of at least 4 members (excludes halogenated alkanes) is 21. The Balaban J connectivity index is 5.46. The molecule has 0 aromatic rings. The summed E-state index contributed by atoms with van der Waals surface area (Å²) in [4.78, 5) is 37.4. The van der Waals surface area contributed by atoms with Gasteiger partial charge in [-0.15, -0.1) is 0 Å². The standard InChI is InChI=1S/C54H97N2O7P/c1-7-10-13-16-19-22-25-27-29-32-35-38-41-44-47-54(58)63-52(45-42-39-36-33-30-24-21-18-15-12-9-3)51(50-62-64(59,60)61-49-48-56(4,5)6)55-53(57)46-43-40-37-34-31-28-26-23-20-17-14-11-8-2/h10-11,13-14,17,19-20,22-23,26,42,45,51-52H,7-9,12,15-16,18,21,24-25,27-41,43-44,46-50H2,1-6H3,(H-,55,57,59,60)/p+1/b13-10+,14-11+,20-17+,22-19+,26-23-,45-42+. The molecule has 0 radical (unpaired) electrons. The third kappa shape index (κ3) is 44.6. The zero-order valence-electron chi connectivity index (χ0n) is 42.0. The van der Waals surface area contributed by atoms with Crippen LogP contribution in [0.25, 0.3) is 0 Å². The highest BCUT2D eigenvalue weighted by molar-refractivity contribution is 7.47. The van der Waals surface area contributed by atoms with Gasteiger partial charge in [-0.25, -0.2) is 4.57 Å². The zero-order valence-corrected chi connectivity index (χ0v) is 42.9. The quantitative estimate of drug-likeness (QED) is 0.0156. The highest BCUT2D eigenvalue weighted by Crippen LogP contribution is 2.43. The number of carbonyl (C=O) groups is 2. The molecule has 0 rings (SSSR count). The highest BCUT2D eigenvalue weighted by Gasteiger charge is 2.30. The Bertz CT molecular complexity index is 1330. The number of quaternary nitrogens is 1. The van der Waals surface area contributed by atoms with Gasteiger partial charge in [0.25, 0.3) is 0 Å². The molecular weight excluding hydrogens is 820 g/mol. The molecule has 0 saturated heterocycles. The first kappa shape index (κ1) is 61.5. The smallest absolute Gasteiger partial charge is 0.456 e. The van der Waals surface area contributed by atoms with Crippen molar-refractivity contribution in [2.45, 2.75) is 219 Å². The first-order valence-corrected chi connectivity index (χ1v) is 27.3. The Morgan fingerprint density at radius 2 is 1.08 bits per heavy atom. The summed E-state index contributed by atoms with van der Waals surface area (Å²) in [7, 11) is 1.46. The Labute approximate surface area is 393 Å². The van der Waals surface area contributed by atoms with Crippen molar-refractivity contribution in [2.24, 2.45) is 0 Å². The largest absolute Gasteiger partial charge is 0.472 e. The molecule has 0 saturated carbocycles. The van der Waals surface area contributed by atoms with E-state index in [4.69, 9.17) is 13.8 Å². The molecule has 1 amide bonds. The molecule has 0 aromatic carbocycles. The fourth-order valence-corrected chi connectivity index (χ4v) is 7.71. The lowest BCUT2D eigenvalue weighted by molar-refractivity contribution is -0.870. The number of carbonyl (C=O) groups excluding carboxylic acids is 2. The van der Waals surface area contributed by atoms with E-state index in [1.165, 1.54) is 64.2 Å². The van der Waals surface area contributed by atoms with Gasteiger partial charge in [0.05, 0.1) is 33.8 Å². The molecule has 64 heavy (non-hydrogen) atoms. The predicted octanol–water partition coefficient (Wildman–Crippen LogP) is 14.9. The number of nitrogens with zero attached hydrogens (tertiary/aromatic N) is 1. The summed E-state index contributed by atoms with van der Waals surface area (Å²) in [6.07, 6.45) is 54.7. The molecule has 0 bridgehead atoms. The maximum Gasteiger partial charge on any atom is 0.472 e. The number of hydrogen-bond acceptors (Lipinski definition) is 6. The van der Waals surface area contributed by atoms with E-state index < -0.39 is 20.0 Å². The molecule has 9 nitrogen and oxygen atoms in total. The van der Waals surface area contributed by atoms with Crippen LogP contribution in [0, 0.1) is 0 Å². The summed E-state index contributed by atoms with van der Waals surface area (Å²) >= 11 is 0. The van der Waals surface area contributed by atoms with E-state index in [1.54, 1.807) is 0 Å². The van der Waals surface area contributed by atoms with Gasteiger partial charge in [-0.05, 0) is 76.7 Å². The van der Waals surface area contributed by atoms with Crippen LogP contribution in [-0.2, 0) is 27.9 Å². The molecule has 0 fully saturated rings. The van der Waals surface area contributed by atoms with E-state index in [0.717, 1.165) is 109 Å². The number of likely N-dealkylation sites (N-methyl/N-ethyl adjacent to an activating group) is 1. The molecule has 2 N–H and O–H groups in total. The number of amides is 1. The molecule has 3 unspecified atom stereocenters. The third-order valence-electron chi connectivity index (χ3n) is 11.0. The second-order valence-corrected chi connectivity index (χ2v) is 19.8. The van der Waals surface area contributed by atoms with Gasteiger partial charge in [0.1, 0.15) is 19.3 Å². The van der Waals surface area contributed by atoms with Crippen LogP contribution in [0.15, 0.2) is 72.9 Å². The van der Waals surface area contributed by atoms with Gasteiger partial charge in [-0.3, -0.25) is 18.6 Å². The van der Waals surface area contributed by atoms with Gasteiger partial charge >= 0.3 is 13.8 Å². The van der Waals surface area contributed by atoms with E-state index in [9.17, 15) is 19.0 Å². The summed E-state index contributed by atoms with van der Waals surface area (Å²) in [6.45, 7) is 6.72. The molecule has 0 heterocycles. The number of allylic oxidation sites excluding steroid dienone is 11. The van der Waals surface area contributed by atoms with Crippen LogP contribution < -0.4 is 5.32 Å². The van der Waals surface area contributed by atoms with Gasteiger partial charge in [0.15, 0.2) is 0 Å².